The number of alkyl halides is 3. The lowest BCUT2D eigenvalue weighted by molar-refractivity contribution is -0.384. The average Bonchev–Trinajstić information content (AvgIpc) is 3.16. The molecule has 0 aromatic heterocycles. The van der Waals surface area contributed by atoms with Gasteiger partial charge in [0, 0.05) is 25.6 Å². The highest BCUT2D eigenvalue weighted by Crippen LogP contribution is 2.31. The Morgan fingerprint density at radius 2 is 1.97 bits per heavy atom. The molecule has 0 spiro atoms. The second-order valence-corrected chi connectivity index (χ2v) is 7.23. The van der Waals surface area contributed by atoms with Gasteiger partial charge >= 0.3 is 6.18 Å². The Labute approximate surface area is 181 Å². The first-order valence-electron chi connectivity index (χ1n) is 9.75. The zero-order valence-electron chi connectivity index (χ0n) is 16.8. The van der Waals surface area contributed by atoms with Gasteiger partial charge in [-0.3, -0.25) is 19.7 Å². The van der Waals surface area contributed by atoms with Gasteiger partial charge in [0.25, 0.3) is 11.6 Å². The first-order chi connectivity index (χ1) is 15.1. The van der Waals surface area contributed by atoms with Crippen molar-refractivity contribution in [1.82, 2.24) is 10.2 Å². The summed E-state index contributed by atoms with van der Waals surface area (Å²) in [6.07, 6.45) is -3.57. The summed E-state index contributed by atoms with van der Waals surface area (Å²) in [6, 6.07) is 8.92. The van der Waals surface area contributed by atoms with E-state index >= 15 is 0 Å². The lowest BCUT2D eigenvalue weighted by Gasteiger charge is -2.26. The molecule has 1 aliphatic heterocycles. The number of hydrogen-bond acceptors (Lipinski definition) is 5. The lowest BCUT2D eigenvalue weighted by atomic mass is 10.0. The Morgan fingerprint density at radius 1 is 1.22 bits per heavy atom. The number of ether oxygens (including phenoxy) is 1. The van der Waals surface area contributed by atoms with E-state index in [0.717, 1.165) is 18.2 Å². The van der Waals surface area contributed by atoms with Crippen molar-refractivity contribution in [3.63, 3.8) is 0 Å². The summed E-state index contributed by atoms with van der Waals surface area (Å²) in [7, 11) is 0. The van der Waals surface area contributed by atoms with Gasteiger partial charge in [-0.25, -0.2) is 0 Å². The van der Waals surface area contributed by atoms with E-state index in [2.05, 4.69) is 5.32 Å². The number of nitrogens with one attached hydrogen (secondary N) is 1. The van der Waals surface area contributed by atoms with Gasteiger partial charge in [0.05, 0.1) is 22.6 Å². The molecule has 1 unspecified atom stereocenters. The molecule has 0 saturated carbocycles. The minimum absolute atomic E-state index is 0.0166. The fourth-order valence-electron chi connectivity index (χ4n) is 3.36. The number of nitro groups is 1. The van der Waals surface area contributed by atoms with E-state index in [1.54, 1.807) is 0 Å². The van der Waals surface area contributed by atoms with Gasteiger partial charge in [-0.05, 0) is 30.2 Å². The lowest BCUT2D eigenvalue weighted by Crippen LogP contribution is -2.40. The molecular formula is C21H20F3N3O5. The van der Waals surface area contributed by atoms with Crippen molar-refractivity contribution in [2.45, 2.75) is 25.1 Å². The maximum Gasteiger partial charge on any atom is 0.416 e. The van der Waals surface area contributed by atoms with Crippen LogP contribution < -0.4 is 10.1 Å². The van der Waals surface area contributed by atoms with Crippen molar-refractivity contribution in [3.05, 3.63) is 69.8 Å². The molecule has 1 heterocycles. The van der Waals surface area contributed by atoms with Crippen LogP contribution in [0.1, 0.15) is 30.0 Å². The van der Waals surface area contributed by atoms with Crippen LogP contribution in [0.2, 0.25) is 0 Å². The molecule has 11 heteroatoms. The summed E-state index contributed by atoms with van der Waals surface area (Å²) in [6.45, 7) is -0.0401. The summed E-state index contributed by atoms with van der Waals surface area (Å²) < 4.78 is 44.7. The van der Waals surface area contributed by atoms with Crippen molar-refractivity contribution in [1.29, 1.82) is 0 Å². The molecule has 1 atom stereocenters. The topological polar surface area (TPSA) is 102 Å². The third-order valence-corrected chi connectivity index (χ3v) is 4.92. The number of rotatable bonds is 8. The van der Waals surface area contributed by atoms with Crippen LogP contribution in [-0.4, -0.2) is 41.3 Å². The number of amides is 2. The maximum atomic E-state index is 13.1. The molecule has 170 valence electrons. The van der Waals surface area contributed by atoms with Crippen LogP contribution in [0.15, 0.2) is 48.5 Å². The first-order valence-corrected chi connectivity index (χ1v) is 9.75. The minimum atomic E-state index is -4.56. The molecule has 32 heavy (non-hydrogen) atoms. The number of hydrogen-bond donors (Lipinski definition) is 1. The predicted octanol–water partition coefficient (Wildman–Crippen LogP) is 3.47. The Kier molecular flexibility index (Phi) is 6.96. The van der Waals surface area contributed by atoms with E-state index in [-0.39, 0.29) is 29.5 Å². The fraction of sp³-hybridized carbons (Fsp3) is 0.333. The zero-order chi connectivity index (χ0) is 23.3. The molecule has 1 aliphatic rings. The average molecular weight is 451 g/mol. The van der Waals surface area contributed by atoms with Gasteiger partial charge in [0.1, 0.15) is 5.75 Å². The standard InChI is InChI=1S/C21H20F3N3O5/c22-21(23,24)15-5-1-4-14(10-15)18(12-26-9-3-8-20(26)29)25-19(28)13-32-17-7-2-6-16(11-17)27(30)31/h1-2,4-7,10-11,18H,3,8-9,12-13H2,(H,25,28). The summed E-state index contributed by atoms with van der Waals surface area (Å²) in [5, 5.41) is 13.4. The molecule has 0 radical (unpaired) electrons. The SMILES string of the molecule is O=C(COc1cccc([N+](=O)[O-])c1)NC(CN1CCCC1=O)c1cccc(C(F)(F)F)c1. The summed E-state index contributed by atoms with van der Waals surface area (Å²) in [5.74, 6) is -0.686. The van der Waals surface area contributed by atoms with Gasteiger partial charge in [-0.1, -0.05) is 18.2 Å². The highest BCUT2D eigenvalue weighted by Gasteiger charge is 2.32. The molecule has 2 aromatic rings. The van der Waals surface area contributed by atoms with Crippen molar-refractivity contribution in [3.8, 4) is 5.75 Å². The zero-order valence-corrected chi connectivity index (χ0v) is 16.8. The number of halogens is 3. The van der Waals surface area contributed by atoms with Gasteiger partial charge in [0.2, 0.25) is 5.91 Å². The molecule has 1 N–H and O–H groups in total. The third kappa shape index (κ3) is 5.96. The second-order valence-electron chi connectivity index (χ2n) is 7.23. The molecule has 1 fully saturated rings. The highest BCUT2D eigenvalue weighted by molar-refractivity contribution is 5.79. The molecule has 2 aromatic carbocycles. The number of likely N-dealkylation sites (tertiary alicyclic amines) is 1. The van der Waals surface area contributed by atoms with Crippen LogP contribution >= 0.6 is 0 Å². The van der Waals surface area contributed by atoms with Crippen LogP contribution in [0.3, 0.4) is 0 Å². The van der Waals surface area contributed by atoms with E-state index in [0.29, 0.717) is 19.4 Å². The van der Waals surface area contributed by atoms with Gasteiger partial charge in [-0.2, -0.15) is 13.2 Å². The Balaban J connectivity index is 1.73. The first kappa shape index (κ1) is 23.0. The van der Waals surface area contributed by atoms with Crippen molar-refractivity contribution in [2.24, 2.45) is 0 Å². The predicted molar refractivity (Wildman–Crippen MR) is 107 cm³/mol. The Hall–Kier alpha value is -3.63. The van der Waals surface area contributed by atoms with Crippen molar-refractivity contribution >= 4 is 17.5 Å². The largest absolute Gasteiger partial charge is 0.484 e. The number of nitrogens with zero attached hydrogens (tertiary/aromatic N) is 2. The highest BCUT2D eigenvalue weighted by atomic mass is 19.4. The summed E-state index contributed by atoms with van der Waals surface area (Å²) in [4.78, 5) is 36.2. The minimum Gasteiger partial charge on any atom is -0.484 e. The molecule has 0 aliphatic carbocycles. The van der Waals surface area contributed by atoms with Crippen LogP contribution in [-0.2, 0) is 15.8 Å². The van der Waals surface area contributed by atoms with Gasteiger partial charge in [-0.15, -0.1) is 0 Å². The quantitative estimate of drug-likeness (QED) is 0.489. The molecule has 1 saturated heterocycles. The number of carbonyl (C=O) groups excluding carboxylic acids is 2. The maximum absolute atomic E-state index is 13.1. The summed E-state index contributed by atoms with van der Waals surface area (Å²) in [5.41, 5.74) is -0.879. The molecule has 0 bridgehead atoms. The van der Waals surface area contributed by atoms with Crippen LogP contribution in [0.25, 0.3) is 0 Å². The van der Waals surface area contributed by atoms with E-state index in [4.69, 9.17) is 4.74 Å². The number of carbonyl (C=O) groups is 2. The third-order valence-electron chi connectivity index (χ3n) is 4.92. The normalized spacial score (nSPS) is 14.8. The van der Waals surface area contributed by atoms with Gasteiger partial charge in [0.15, 0.2) is 6.61 Å². The van der Waals surface area contributed by atoms with Crippen LogP contribution in [0.5, 0.6) is 5.75 Å². The molecule has 3 rings (SSSR count). The second kappa shape index (κ2) is 9.67. The van der Waals surface area contributed by atoms with Crippen molar-refractivity contribution in [2.75, 3.05) is 19.7 Å². The molecule has 8 nitrogen and oxygen atoms in total. The monoisotopic (exact) mass is 451 g/mol. The molecule has 2 amide bonds. The number of nitro benzene ring substituents is 1. The van der Waals surface area contributed by atoms with E-state index in [1.807, 2.05) is 0 Å². The van der Waals surface area contributed by atoms with Crippen molar-refractivity contribution < 1.29 is 32.4 Å². The van der Waals surface area contributed by atoms with E-state index in [9.17, 15) is 32.9 Å². The van der Waals surface area contributed by atoms with Crippen LogP contribution in [0.4, 0.5) is 18.9 Å². The van der Waals surface area contributed by atoms with Gasteiger partial charge < -0.3 is 15.0 Å². The Bertz CT molecular complexity index is 1010. The smallest absolute Gasteiger partial charge is 0.416 e. The fourth-order valence-corrected chi connectivity index (χ4v) is 3.36. The summed E-state index contributed by atoms with van der Waals surface area (Å²) >= 11 is 0. The van der Waals surface area contributed by atoms with E-state index < -0.39 is 35.2 Å². The van der Waals surface area contributed by atoms with Crippen LogP contribution in [0, 0.1) is 10.1 Å². The number of benzene rings is 2. The Morgan fingerprint density at radius 3 is 2.62 bits per heavy atom. The molecular weight excluding hydrogens is 431 g/mol. The van der Waals surface area contributed by atoms with E-state index in [1.165, 1.54) is 35.2 Å². The number of non-ortho nitro benzene ring substituents is 1.